The fourth-order valence-corrected chi connectivity index (χ4v) is 3.51. The van der Waals surface area contributed by atoms with Gasteiger partial charge in [-0.25, -0.2) is 14.1 Å². The Hall–Kier alpha value is -3.55. The van der Waals surface area contributed by atoms with E-state index in [1.807, 2.05) is 37.0 Å². The van der Waals surface area contributed by atoms with E-state index in [1.165, 1.54) is 12.1 Å². The molecule has 4 aromatic rings. The van der Waals surface area contributed by atoms with Crippen molar-refractivity contribution in [2.24, 2.45) is 0 Å². The van der Waals surface area contributed by atoms with Gasteiger partial charge in [-0.3, -0.25) is 9.48 Å². The summed E-state index contributed by atoms with van der Waals surface area (Å²) in [7, 11) is 0. The summed E-state index contributed by atoms with van der Waals surface area (Å²) in [5.41, 5.74) is 4.33. The lowest BCUT2D eigenvalue weighted by atomic mass is 10.0. The second-order valence-corrected chi connectivity index (χ2v) is 7.29. The van der Waals surface area contributed by atoms with E-state index in [1.54, 1.807) is 23.0 Å². The maximum absolute atomic E-state index is 13.3. The number of fused-ring (bicyclic) bond motifs is 1. The van der Waals surface area contributed by atoms with E-state index in [2.05, 4.69) is 20.5 Å². The minimum atomic E-state index is -0.282. The number of carbonyl (C=O) groups is 1. The molecule has 0 saturated heterocycles. The molecule has 0 fully saturated rings. The van der Waals surface area contributed by atoms with Crippen LogP contribution in [-0.4, -0.2) is 37.0 Å². The van der Waals surface area contributed by atoms with Crippen LogP contribution in [-0.2, 0) is 17.9 Å². The van der Waals surface area contributed by atoms with Crippen LogP contribution >= 0.6 is 0 Å². The number of carbonyl (C=O) groups excluding carboxylic acids is 1. The fraction of sp³-hybridized carbons (Fsp3) is 0.273. The van der Waals surface area contributed by atoms with Crippen LogP contribution in [0.5, 0.6) is 0 Å². The maximum atomic E-state index is 13.3. The van der Waals surface area contributed by atoms with Crippen molar-refractivity contribution in [2.75, 3.05) is 6.54 Å². The number of aromatic nitrogens is 5. The standard InChI is InChI=1S/C22H23FN6O/c1-15-12-26-28(13-15)11-3-9-24-20(30)14-29-22-21(16(2)27-29)19(8-10-25-22)17-4-6-18(23)7-5-17/h4-8,10,12-13H,3,9,11,14H2,1-2H3,(H,24,30). The van der Waals surface area contributed by atoms with E-state index in [9.17, 15) is 9.18 Å². The molecule has 0 atom stereocenters. The van der Waals surface area contributed by atoms with Crippen LogP contribution in [0.2, 0.25) is 0 Å². The van der Waals surface area contributed by atoms with Gasteiger partial charge in [-0.2, -0.15) is 10.2 Å². The van der Waals surface area contributed by atoms with Crippen molar-refractivity contribution in [3.05, 3.63) is 66.0 Å². The molecule has 0 unspecified atom stereocenters. The lowest BCUT2D eigenvalue weighted by Gasteiger charge is -2.07. The van der Waals surface area contributed by atoms with Crippen LogP contribution in [0.3, 0.4) is 0 Å². The first-order valence-corrected chi connectivity index (χ1v) is 9.85. The third-order valence-electron chi connectivity index (χ3n) is 4.91. The van der Waals surface area contributed by atoms with Crippen molar-refractivity contribution in [1.82, 2.24) is 29.9 Å². The van der Waals surface area contributed by atoms with Crippen LogP contribution < -0.4 is 5.32 Å². The van der Waals surface area contributed by atoms with Crippen LogP contribution in [0, 0.1) is 19.7 Å². The highest BCUT2D eigenvalue weighted by Crippen LogP contribution is 2.29. The van der Waals surface area contributed by atoms with E-state index < -0.39 is 0 Å². The van der Waals surface area contributed by atoms with Gasteiger partial charge in [-0.05, 0) is 55.2 Å². The normalized spacial score (nSPS) is 11.2. The van der Waals surface area contributed by atoms with Gasteiger partial charge in [-0.15, -0.1) is 0 Å². The summed E-state index contributed by atoms with van der Waals surface area (Å²) < 4.78 is 16.8. The van der Waals surface area contributed by atoms with Crippen molar-refractivity contribution in [2.45, 2.75) is 33.4 Å². The molecule has 1 aromatic carbocycles. The minimum absolute atomic E-state index is 0.0884. The highest BCUT2D eigenvalue weighted by atomic mass is 19.1. The molecular weight excluding hydrogens is 383 g/mol. The molecule has 154 valence electrons. The van der Waals surface area contributed by atoms with Gasteiger partial charge in [0.2, 0.25) is 5.91 Å². The molecule has 0 aliphatic carbocycles. The molecule has 3 heterocycles. The molecule has 0 saturated carbocycles. The summed E-state index contributed by atoms with van der Waals surface area (Å²) in [5, 5.41) is 12.5. The molecule has 30 heavy (non-hydrogen) atoms. The van der Waals surface area contributed by atoms with E-state index in [0.717, 1.165) is 40.7 Å². The molecule has 3 aromatic heterocycles. The molecule has 0 aliphatic rings. The van der Waals surface area contributed by atoms with Crippen molar-refractivity contribution >= 4 is 16.9 Å². The molecule has 0 radical (unpaired) electrons. The van der Waals surface area contributed by atoms with Gasteiger partial charge in [0, 0.05) is 30.9 Å². The predicted octanol–water partition coefficient (Wildman–Crippen LogP) is 3.26. The maximum Gasteiger partial charge on any atom is 0.241 e. The zero-order chi connectivity index (χ0) is 21.1. The number of hydrogen-bond donors (Lipinski definition) is 1. The third-order valence-corrected chi connectivity index (χ3v) is 4.91. The zero-order valence-corrected chi connectivity index (χ0v) is 17.0. The van der Waals surface area contributed by atoms with Gasteiger partial charge < -0.3 is 5.32 Å². The summed E-state index contributed by atoms with van der Waals surface area (Å²) in [6.07, 6.45) is 6.27. The summed E-state index contributed by atoms with van der Waals surface area (Å²) in [5.74, 6) is -0.402. The molecule has 7 nitrogen and oxygen atoms in total. The average molecular weight is 406 g/mol. The average Bonchev–Trinajstić information content (AvgIpc) is 3.29. The van der Waals surface area contributed by atoms with E-state index >= 15 is 0 Å². The molecule has 1 amide bonds. The number of amides is 1. The number of nitrogens with one attached hydrogen (secondary N) is 1. The largest absolute Gasteiger partial charge is 0.354 e. The first-order valence-electron chi connectivity index (χ1n) is 9.85. The molecule has 0 spiro atoms. The molecule has 8 heteroatoms. The van der Waals surface area contributed by atoms with Gasteiger partial charge in [0.15, 0.2) is 5.65 Å². The van der Waals surface area contributed by atoms with Crippen LogP contribution in [0.25, 0.3) is 22.2 Å². The second kappa shape index (κ2) is 8.44. The van der Waals surface area contributed by atoms with E-state index in [4.69, 9.17) is 0 Å². The number of halogens is 1. The number of benzene rings is 1. The zero-order valence-electron chi connectivity index (χ0n) is 17.0. The fourth-order valence-electron chi connectivity index (χ4n) is 3.51. The Morgan fingerprint density at radius 1 is 1.17 bits per heavy atom. The second-order valence-electron chi connectivity index (χ2n) is 7.29. The Kier molecular flexibility index (Phi) is 5.56. The topological polar surface area (TPSA) is 77.6 Å². The molecule has 1 N–H and O–H groups in total. The Labute approximate surface area is 173 Å². The van der Waals surface area contributed by atoms with Crippen molar-refractivity contribution in [1.29, 1.82) is 0 Å². The Balaban J connectivity index is 1.44. The monoisotopic (exact) mass is 406 g/mol. The SMILES string of the molecule is Cc1cnn(CCCNC(=O)Cn2nc(C)c3c(-c4ccc(F)cc4)ccnc32)c1. The minimum Gasteiger partial charge on any atom is -0.354 e. The van der Waals surface area contributed by atoms with E-state index in [0.29, 0.717) is 12.2 Å². The molecule has 0 bridgehead atoms. The first-order chi connectivity index (χ1) is 14.5. The highest BCUT2D eigenvalue weighted by Gasteiger charge is 2.15. The number of pyridine rings is 1. The predicted molar refractivity (Wildman–Crippen MR) is 112 cm³/mol. The number of rotatable bonds is 7. The van der Waals surface area contributed by atoms with E-state index in [-0.39, 0.29) is 18.3 Å². The smallest absolute Gasteiger partial charge is 0.241 e. The quantitative estimate of drug-likeness (QED) is 0.478. The summed E-state index contributed by atoms with van der Waals surface area (Å²) in [4.78, 5) is 16.8. The lowest BCUT2D eigenvalue weighted by molar-refractivity contribution is -0.121. The Morgan fingerprint density at radius 3 is 2.70 bits per heavy atom. The van der Waals surface area contributed by atoms with Crippen LogP contribution in [0.1, 0.15) is 17.7 Å². The summed E-state index contributed by atoms with van der Waals surface area (Å²) >= 11 is 0. The van der Waals surface area contributed by atoms with Gasteiger partial charge in [0.1, 0.15) is 12.4 Å². The first kappa shape index (κ1) is 19.8. The summed E-state index contributed by atoms with van der Waals surface area (Å²) in [6, 6.07) is 8.20. The van der Waals surface area contributed by atoms with Gasteiger partial charge >= 0.3 is 0 Å². The summed E-state index contributed by atoms with van der Waals surface area (Å²) in [6.45, 7) is 5.28. The van der Waals surface area contributed by atoms with Crippen molar-refractivity contribution in [3.8, 4) is 11.1 Å². The van der Waals surface area contributed by atoms with Crippen molar-refractivity contribution in [3.63, 3.8) is 0 Å². The van der Waals surface area contributed by atoms with Crippen LogP contribution in [0.4, 0.5) is 4.39 Å². The Morgan fingerprint density at radius 2 is 1.97 bits per heavy atom. The number of nitrogens with zero attached hydrogens (tertiary/aromatic N) is 5. The number of aryl methyl sites for hydroxylation is 3. The van der Waals surface area contributed by atoms with Gasteiger partial charge in [-0.1, -0.05) is 12.1 Å². The molecule has 0 aliphatic heterocycles. The van der Waals surface area contributed by atoms with Crippen molar-refractivity contribution < 1.29 is 9.18 Å². The molecular formula is C22H23FN6O. The Bertz CT molecular complexity index is 1180. The lowest BCUT2D eigenvalue weighted by Crippen LogP contribution is -2.29. The third kappa shape index (κ3) is 4.22. The van der Waals surface area contributed by atoms with Gasteiger partial charge in [0.05, 0.1) is 11.9 Å². The molecule has 4 rings (SSSR count). The van der Waals surface area contributed by atoms with Crippen LogP contribution in [0.15, 0.2) is 48.9 Å². The number of hydrogen-bond acceptors (Lipinski definition) is 4. The van der Waals surface area contributed by atoms with Gasteiger partial charge in [0.25, 0.3) is 0 Å². The highest BCUT2D eigenvalue weighted by molar-refractivity contribution is 5.95.